The summed E-state index contributed by atoms with van der Waals surface area (Å²) in [4.78, 5) is 1.75. The lowest BCUT2D eigenvalue weighted by molar-refractivity contribution is -0.775. The Balaban J connectivity index is 2.35. The summed E-state index contributed by atoms with van der Waals surface area (Å²) in [6.07, 6.45) is 3.62. The molecule has 0 radical (unpaired) electrons. The third kappa shape index (κ3) is 1.66. The van der Waals surface area contributed by atoms with Crippen LogP contribution in [0.4, 0.5) is 0 Å². The lowest BCUT2D eigenvalue weighted by Gasteiger charge is -2.39. The van der Waals surface area contributed by atoms with Gasteiger partial charge in [-0.1, -0.05) is 25.1 Å². The second-order valence-corrected chi connectivity index (χ2v) is 4.39. The van der Waals surface area contributed by atoms with Gasteiger partial charge in [0.1, 0.15) is 0 Å². The Morgan fingerprint density at radius 3 is 2.47 bits per heavy atom. The normalized spacial score (nSPS) is 27.0. The van der Waals surface area contributed by atoms with E-state index in [2.05, 4.69) is 24.1 Å². The van der Waals surface area contributed by atoms with E-state index in [4.69, 9.17) is 9.93 Å². The minimum absolute atomic E-state index is 0.153. The standard InChI is InChI=1S/C10H18N4O/c1-7-5-4-6-8(2)13(7)14-9(3)10(11)15-12-14/h7-8,11H,4-6H2,1-3H3. The number of hydrogen-bond donors (Lipinski definition) is 1. The Bertz CT molecular complexity index is 384. The van der Waals surface area contributed by atoms with Crippen molar-refractivity contribution in [1.82, 2.24) is 5.27 Å². The van der Waals surface area contributed by atoms with Crippen molar-refractivity contribution in [2.45, 2.75) is 52.1 Å². The molecule has 2 rings (SSSR count). The maximum absolute atomic E-state index is 7.51. The first-order chi connectivity index (χ1) is 7.11. The topological polar surface area (TPSA) is 58.2 Å². The lowest BCUT2D eigenvalue weighted by Crippen LogP contribution is -2.70. The van der Waals surface area contributed by atoms with E-state index in [1.807, 2.05) is 6.92 Å². The number of nitrogens with zero attached hydrogens (tertiary/aromatic N) is 3. The minimum atomic E-state index is 0.153. The van der Waals surface area contributed by atoms with E-state index in [1.165, 1.54) is 19.3 Å². The maximum Gasteiger partial charge on any atom is 0.289 e. The molecule has 1 saturated heterocycles. The largest absolute Gasteiger partial charge is 0.380 e. The van der Waals surface area contributed by atoms with Crippen LogP contribution in [0, 0.1) is 12.3 Å². The molecule has 2 atom stereocenters. The quantitative estimate of drug-likeness (QED) is 0.674. The predicted octanol–water partition coefficient (Wildman–Crippen LogP) is 0.211. The highest BCUT2D eigenvalue weighted by Crippen LogP contribution is 2.17. The van der Waals surface area contributed by atoms with Gasteiger partial charge in [-0.3, -0.25) is 10.4 Å². The first-order valence-corrected chi connectivity index (χ1v) is 5.50. The van der Waals surface area contributed by atoms with Crippen molar-refractivity contribution < 1.29 is 9.31 Å². The van der Waals surface area contributed by atoms with Gasteiger partial charge in [-0.25, -0.2) is 0 Å². The van der Waals surface area contributed by atoms with Crippen molar-refractivity contribution >= 4 is 0 Å². The summed E-state index contributed by atoms with van der Waals surface area (Å²) in [7, 11) is 0. The third-order valence-electron chi connectivity index (χ3n) is 3.20. The summed E-state index contributed by atoms with van der Waals surface area (Å²) < 4.78 is 4.88. The van der Waals surface area contributed by atoms with Gasteiger partial charge < -0.3 is 4.52 Å². The molecule has 0 saturated carbocycles. The summed E-state index contributed by atoms with van der Waals surface area (Å²) in [5.74, 6) is 0. The maximum atomic E-state index is 7.51. The fourth-order valence-electron chi connectivity index (χ4n) is 2.29. The molecule has 1 aliphatic rings. The highest BCUT2D eigenvalue weighted by molar-refractivity contribution is 4.91. The number of piperidine rings is 1. The molecule has 5 nitrogen and oxygen atoms in total. The van der Waals surface area contributed by atoms with Crippen molar-refractivity contribution in [2.24, 2.45) is 0 Å². The molecular formula is C10H18N4O. The highest BCUT2D eigenvalue weighted by atomic mass is 16.5. The number of aromatic nitrogens is 2. The van der Waals surface area contributed by atoms with E-state index in [1.54, 1.807) is 4.79 Å². The zero-order valence-corrected chi connectivity index (χ0v) is 9.53. The van der Waals surface area contributed by atoms with Gasteiger partial charge in [-0.2, -0.15) is 0 Å². The van der Waals surface area contributed by atoms with Gasteiger partial charge in [0.25, 0.3) is 11.2 Å². The van der Waals surface area contributed by atoms with E-state index in [0.29, 0.717) is 12.1 Å². The van der Waals surface area contributed by atoms with Gasteiger partial charge in [-0.15, -0.1) is 0 Å². The van der Waals surface area contributed by atoms with Crippen LogP contribution in [0.25, 0.3) is 0 Å². The summed E-state index contributed by atoms with van der Waals surface area (Å²) in [6.45, 7) is 6.26. The second kappa shape index (κ2) is 3.72. The van der Waals surface area contributed by atoms with Crippen LogP contribution >= 0.6 is 0 Å². The molecular weight excluding hydrogens is 192 g/mol. The zero-order chi connectivity index (χ0) is 11.0. The van der Waals surface area contributed by atoms with Gasteiger partial charge in [0, 0.05) is 19.0 Å². The summed E-state index contributed by atoms with van der Waals surface area (Å²) >= 11 is 0. The Morgan fingerprint density at radius 1 is 1.40 bits per heavy atom. The highest BCUT2D eigenvalue weighted by Gasteiger charge is 2.27. The van der Waals surface area contributed by atoms with Crippen LogP contribution in [0.3, 0.4) is 0 Å². The van der Waals surface area contributed by atoms with Crippen molar-refractivity contribution in [1.29, 1.82) is 5.41 Å². The molecule has 1 aliphatic heterocycles. The second-order valence-electron chi connectivity index (χ2n) is 4.39. The molecule has 1 fully saturated rings. The Hall–Kier alpha value is -1.26. The van der Waals surface area contributed by atoms with Gasteiger partial charge in [-0.05, 0) is 18.1 Å². The molecule has 0 aromatic carbocycles. The summed E-state index contributed by atoms with van der Waals surface area (Å²) in [5.41, 5.74) is 0.926. The van der Waals surface area contributed by atoms with E-state index >= 15 is 0 Å². The van der Waals surface area contributed by atoms with Crippen molar-refractivity contribution in [2.75, 3.05) is 5.01 Å². The molecule has 1 N–H and O–H groups in total. The zero-order valence-electron chi connectivity index (χ0n) is 9.53. The minimum Gasteiger partial charge on any atom is -0.380 e. The SMILES string of the molecule is Cc1c(=N)o[n-][n+]1N1C(C)CCCC1C. The molecule has 2 heterocycles. The molecule has 0 amide bonds. The smallest absolute Gasteiger partial charge is 0.289 e. The van der Waals surface area contributed by atoms with E-state index in [9.17, 15) is 0 Å². The van der Waals surface area contributed by atoms with Crippen LogP contribution in [0.1, 0.15) is 38.8 Å². The number of rotatable bonds is 1. The van der Waals surface area contributed by atoms with Crippen molar-refractivity contribution in [3.05, 3.63) is 11.2 Å². The van der Waals surface area contributed by atoms with Crippen LogP contribution in [-0.4, -0.2) is 12.1 Å². The third-order valence-corrected chi connectivity index (χ3v) is 3.20. The van der Waals surface area contributed by atoms with Crippen molar-refractivity contribution in [3.8, 4) is 0 Å². The fourth-order valence-corrected chi connectivity index (χ4v) is 2.29. The number of nitrogens with one attached hydrogen (secondary N) is 1. The van der Waals surface area contributed by atoms with E-state index < -0.39 is 0 Å². The van der Waals surface area contributed by atoms with Crippen LogP contribution in [0.15, 0.2) is 4.52 Å². The molecule has 2 unspecified atom stereocenters. The van der Waals surface area contributed by atoms with Crippen molar-refractivity contribution in [3.63, 3.8) is 0 Å². The van der Waals surface area contributed by atoms with Gasteiger partial charge in [0.05, 0.1) is 0 Å². The monoisotopic (exact) mass is 210 g/mol. The Morgan fingerprint density at radius 2 is 2.00 bits per heavy atom. The van der Waals surface area contributed by atoms with Gasteiger partial charge >= 0.3 is 0 Å². The summed E-state index contributed by atoms with van der Waals surface area (Å²) in [6, 6.07) is 0.920. The first kappa shape index (κ1) is 10.3. The Labute approximate surface area is 89.1 Å². The lowest BCUT2D eigenvalue weighted by atomic mass is 10.00. The average molecular weight is 210 g/mol. The number of hydrogen-bond acceptors (Lipinski definition) is 3. The van der Waals surface area contributed by atoms with Gasteiger partial charge in [0.15, 0.2) is 0 Å². The van der Waals surface area contributed by atoms with Gasteiger partial charge in [0.2, 0.25) is 0 Å². The van der Waals surface area contributed by atoms with E-state index in [0.717, 1.165) is 5.69 Å². The van der Waals surface area contributed by atoms with Crippen LogP contribution in [0.2, 0.25) is 0 Å². The average Bonchev–Trinajstić information content (AvgIpc) is 2.49. The predicted molar refractivity (Wildman–Crippen MR) is 53.8 cm³/mol. The molecule has 1 aromatic heterocycles. The molecule has 0 bridgehead atoms. The molecule has 84 valence electrons. The summed E-state index contributed by atoms with van der Waals surface area (Å²) in [5, 5.41) is 13.6. The molecule has 0 aliphatic carbocycles. The first-order valence-electron chi connectivity index (χ1n) is 5.50. The van der Waals surface area contributed by atoms with Crippen LogP contribution < -0.4 is 20.6 Å². The fraction of sp³-hybridized carbons (Fsp3) is 0.800. The van der Waals surface area contributed by atoms with Crippen LogP contribution in [-0.2, 0) is 0 Å². The molecule has 0 spiro atoms. The molecule has 1 aromatic rings. The van der Waals surface area contributed by atoms with E-state index in [-0.39, 0.29) is 5.55 Å². The van der Waals surface area contributed by atoms with Crippen LogP contribution in [0.5, 0.6) is 0 Å². The Kier molecular flexibility index (Phi) is 2.54. The molecule has 15 heavy (non-hydrogen) atoms. The molecule has 5 heteroatoms.